The van der Waals surface area contributed by atoms with Gasteiger partial charge in [-0.3, -0.25) is 10.2 Å². The van der Waals surface area contributed by atoms with Gasteiger partial charge < -0.3 is 15.4 Å². The first-order valence-electron chi connectivity index (χ1n) is 6.34. The Morgan fingerprint density at radius 3 is 2.76 bits per heavy atom. The van der Waals surface area contributed by atoms with Crippen LogP contribution in [0.25, 0.3) is 0 Å². The monoisotopic (exact) mass is 326 g/mol. The second kappa shape index (κ2) is 7.35. The molecule has 0 spiro atoms. The van der Waals surface area contributed by atoms with E-state index in [2.05, 4.69) is 10.5 Å². The highest BCUT2D eigenvalue weighted by molar-refractivity contribution is 7.82. The van der Waals surface area contributed by atoms with Gasteiger partial charge in [-0.1, -0.05) is 29.9 Å². The maximum absolute atomic E-state index is 12.3. The van der Waals surface area contributed by atoms with Crippen molar-refractivity contribution in [1.29, 1.82) is 0 Å². The zero-order chi connectivity index (χ0) is 15.2. The number of thiocarbonyl (C=S) groups is 1. The number of hydrazone groups is 1. The average Bonchev–Trinajstić information content (AvgIpc) is 2.48. The molecule has 8 heteroatoms. The van der Waals surface area contributed by atoms with Crippen molar-refractivity contribution in [1.82, 2.24) is 4.90 Å². The predicted octanol–water partition coefficient (Wildman–Crippen LogP) is 1.25. The fraction of sp³-hybridized carbons (Fsp3) is 0.308. The smallest absolute Gasteiger partial charge is 0.277 e. The van der Waals surface area contributed by atoms with Crippen LogP contribution in [-0.2, 0) is 9.53 Å². The Hall–Kier alpha value is -1.70. The molecule has 1 fully saturated rings. The Labute approximate surface area is 132 Å². The summed E-state index contributed by atoms with van der Waals surface area (Å²) in [5, 5.41) is 4.58. The number of ether oxygens (including phenoxy) is 1. The third kappa shape index (κ3) is 4.38. The van der Waals surface area contributed by atoms with E-state index < -0.39 is 0 Å². The van der Waals surface area contributed by atoms with Crippen LogP contribution in [0.2, 0.25) is 5.02 Å². The molecule has 0 aromatic heterocycles. The van der Waals surface area contributed by atoms with Crippen molar-refractivity contribution in [2.75, 3.05) is 31.7 Å². The molecule has 1 amide bonds. The number of carbonyl (C=O) groups is 1. The Kier molecular flexibility index (Phi) is 5.49. The summed E-state index contributed by atoms with van der Waals surface area (Å²) in [6.07, 6.45) is 0. The molecule has 1 aliphatic rings. The Morgan fingerprint density at radius 1 is 1.43 bits per heavy atom. The normalized spacial score (nSPS) is 15.7. The molecular weight excluding hydrogens is 312 g/mol. The number of amides is 1. The van der Waals surface area contributed by atoms with Crippen molar-refractivity contribution in [3.63, 3.8) is 0 Å². The van der Waals surface area contributed by atoms with E-state index in [1.165, 1.54) is 0 Å². The van der Waals surface area contributed by atoms with E-state index in [-0.39, 0.29) is 16.6 Å². The highest BCUT2D eigenvalue weighted by Gasteiger charge is 2.23. The molecule has 1 aliphatic heterocycles. The van der Waals surface area contributed by atoms with Crippen LogP contribution in [0.15, 0.2) is 29.4 Å². The number of anilines is 1. The largest absolute Gasteiger partial charge is 0.388 e. The van der Waals surface area contributed by atoms with Gasteiger partial charge in [-0.05, 0) is 18.2 Å². The zero-order valence-corrected chi connectivity index (χ0v) is 12.8. The summed E-state index contributed by atoms with van der Waals surface area (Å²) in [7, 11) is 0. The molecule has 3 N–H and O–H groups in total. The molecule has 0 radical (unpaired) electrons. The summed E-state index contributed by atoms with van der Waals surface area (Å²) in [6, 6.07) is 6.96. The van der Waals surface area contributed by atoms with Gasteiger partial charge in [0.25, 0.3) is 5.91 Å². The molecule has 0 saturated carbocycles. The van der Waals surface area contributed by atoms with Crippen molar-refractivity contribution in [2.45, 2.75) is 0 Å². The molecule has 1 aromatic carbocycles. The zero-order valence-electron chi connectivity index (χ0n) is 11.2. The molecule has 6 nitrogen and oxygen atoms in total. The molecule has 112 valence electrons. The lowest BCUT2D eigenvalue weighted by Gasteiger charge is -2.26. The molecule has 0 unspecified atom stereocenters. The maximum atomic E-state index is 12.3. The number of nitrogens with one attached hydrogen (secondary N) is 1. The van der Waals surface area contributed by atoms with Crippen molar-refractivity contribution in [2.24, 2.45) is 10.8 Å². The summed E-state index contributed by atoms with van der Waals surface area (Å²) in [5.41, 5.74) is 9.00. The van der Waals surface area contributed by atoms with Gasteiger partial charge in [-0.25, -0.2) is 0 Å². The SMILES string of the molecule is NC(=S)C(=NNc1cccc(Cl)c1)C(=O)N1CCOCC1. The fourth-order valence-corrected chi connectivity index (χ4v) is 2.13. The Bertz CT molecular complexity index is 573. The van der Waals surface area contributed by atoms with Crippen LogP contribution in [0, 0.1) is 0 Å². The van der Waals surface area contributed by atoms with Crippen molar-refractivity contribution in [3.8, 4) is 0 Å². The Balaban J connectivity index is 2.12. The fourth-order valence-electron chi connectivity index (χ4n) is 1.80. The van der Waals surface area contributed by atoms with Gasteiger partial charge in [0, 0.05) is 18.1 Å². The lowest BCUT2D eigenvalue weighted by atomic mass is 10.3. The molecule has 1 heterocycles. The minimum Gasteiger partial charge on any atom is -0.388 e. The van der Waals surface area contributed by atoms with E-state index in [0.717, 1.165) is 0 Å². The second-order valence-electron chi connectivity index (χ2n) is 4.35. The first kappa shape index (κ1) is 15.7. The van der Waals surface area contributed by atoms with Gasteiger partial charge in [-0.15, -0.1) is 0 Å². The van der Waals surface area contributed by atoms with E-state index in [1.54, 1.807) is 29.2 Å². The number of nitrogens with zero attached hydrogens (tertiary/aromatic N) is 2. The van der Waals surface area contributed by atoms with E-state index in [0.29, 0.717) is 37.0 Å². The summed E-state index contributed by atoms with van der Waals surface area (Å²) >= 11 is 10.8. The minimum atomic E-state index is -0.305. The van der Waals surface area contributed by atoms with Crippen molar-refractivity contribution >= 4 is 46.1 Å². The van der Waals surface area contributed by atoms with E-state index in [4.69, 9.17) is 34.3 Å². The summed E-state index contributed by atoms with van der Waals surface area (Å²) in [4.78, 5) is 13.9. The van der Waals surface area contributed by atoms with E-state index in [1.807, 2.05) is 0 Å². The summed E-state index contributed by atoms with van der Waals surface area (Å²) < 4.78 is 5.20. The number of benzene rings is 1. The first-order chi connectivity index (χ1) is 10.1. The summed E-state index contributed by atoms with van der Waals surface area (Å²) in [5.74, 6) is -0.305. The van der Waals surface area contributed by atoms with Crippen LogP contribution >= 0.6 is 23.8 Å². The minimum absolute atomic E-state index is 0.0203. The molecule has 0 aliphatic carbocycles. The number of halogens is 1. The van der Waals surface area contributed by atoms with Crippen LogP contribution in [-0.4, -0.2) is 47.8 Å². The lowest BCUT2D eigenvalue weighted by Crippen LogP contribution is -2.47. The number of carbonyl (C=O) groups excluding carboxylic acids is 1. The van der Waals surface area contributed by atoms with Crippen LogP contribution in [0.5, 0.6) is 0 Å². The maximum Gasteiger partial charge on any atom is 0.277 e. The topological polar surface area (TPSA) is 79.9 Å². The number of rotatable bonds is 4. The predicted molar refractivity (Wildman–Crippen MR) is 86.7 cm³/mol. The first-order valence-corrected chi connectivity index (χ1v) is 7.12. The standard InChI is InChI=1S/C13H15ClN4O2S/c14-9-2-1-3-10(8-9)16-17-11(12(15)21)13(19)18-4-6-20-7-5-18/h1-3,8,16H,4-7H2,(H2,15,21). The third-order valence-corrected chi connectivity index (χ3v) is 3.28. The molecule has 2 rings (SSSR count). The van der Waals surface area contributed by atoms with Crippen LogP contribution in [0.4, 0.5) is 5.69 Å². The molecular formula is C13H15ClN4O2S. The molecule has 0 bridgehead atoms. The van der Waals surface area contributed by atoms with Gasteiger partial charge in [0.1, 0.15) is 4.99 Å². The van der Waals surface area contributed by atoms with Gasteiger partial charge in [0.05, 0.1) is 18.9 Å². The van der Waals surface area contributed by atoms with E-state index >= 15 is 0 Å². The van der Waals surface area contributed by atoms with E-state index in [9.17, 15) is 4.79 Å². The molecule has 0 atom stereocenters. The molecule has 1 aromatic rings. The highest BCUT2D eigenvalue weighted by atomic mass is 35.5. The highest BCUT2D eigenvalue weighted by Crippen LogP contribution is 2.14. The number of morpholine rings is 1. The average molecular weight is 327 g/mol. The quantitative estimate of drug-likeness (QED) is 0.494. The van der Waals surface area contributed by atoms with Gasteiger partial charge in [-0.2, -0.15) is 5.10 Å². The van der Waals surface area contributed by atoms with Crippen molar-refractivity contribution < 1.29 is 9.53 Å². The summed E-state index contributed by atoms with van der Waals surface area (Å²) in [6.45, 7) is 1.99. The van der Waals surface area contributed by atoms with Crippen molar-refractivity contribution in [3.05, 3.63) is 29.3 Å². The van der Waals surface area contributed by atoms with Gasteiger partial charge in [0.2, 0.25) is 0 Å². The lowest BCUT2D eigenvalue weighted by molar-refractivity contribution is -0.127. The number of hydrogen-bond acceptors (Lipinski definition) is 5. The second-order valence-corrected chi connectivity index (χ2v) is 5.23. The number of nitrogens with two attached hydrogens (primary N) is 1. The molecule has 1 saturated heterocycles. The van der Waals surface area contributed by atoms with Gasteiger partial charge in [0.15, 0.2) is 5.71 Å². The number of hydrogen-bond donors (Lipinski definition) is 2. The van der Waals surface area contributed by atoms with Crippen LogP contribution in [0.1, 0.15) is 0 Å². The third-order valence-electron chi connectivity index (χ3n) is 2.86. The van der Waals surface area contributed by atoms with Gasteiger partial charge >= 0.3 is 0 Å². The van der Waals surface area contributed by atoms with Crippen LogP contribution < -0.4 is 11.2 Å². The van der Waals surface area contributed by atoms with Crippen LogP contribution in [0.3, 0.4) is 0 Å². The molecule has 21 heavy (non-hydrogen) atoms. The Morgan fingerprint density at radius 2 is 2.14 bits per heavy atom.